The van der Waals surface area contributed by atoms with E-state index in [1.54, 1.807) is 4.90 Å². The number of carbonyl (C=O) groups is 2. The van der Waals surface area contributed by atoms with E-state index in [0.29, 0.717) is 25.9 Å². The summed E-state index contributed by atoms with van der Waals surface area (Å²) in [4.78, 5) is 25.7. The summed E-state index contributed by atoms with van der Waals surface area (Å²) in [5, 5.41) is 9.46. The quantitative estimate of drug-likeness (QED) is 0.794. The monoisotopic (exact) mass is 265 g/mol. The van der Waals surface area contributed by atoms with Crippen LogP contribution in [0.5, 0.6) is 0 Å². The van der Waals surface area contributed by atoms with Crippen molar-refractivity contribution in [1.29, 1.82) is 0 Å². The van der Waals surface area contributed by atoms with Crippen molar-refractivity contribution >= 4 is 11.9 Å². The van der Waals surface area contributed by atoms with Crippen molar-refractivity contribution in [3.8, 4) is 0 Å². The van der Waals surface area contributed by atoms with E-state index < -0.39 is 11.4 Å². The number of hydrogen-bond donors (Lipinski definition) is 1. The summed E-state index contributed by atoms with van der Waals surface area (Å²) in [5.41, 5.74) is -0.699. The minimum absolute atomic E-state index is 0.0659. The third kappa shape index (κ3) is 2.82. The molecule has 2 rings (SSSR count). The third-order valence-corrected chi connectivity index (χ3v) is 4.47. The Bertz CT molecular complexity index is 391. The summed E-state index contributed by atoms with van der Waals surface area (Å²) in [5.74, 6) is -0.520. The fourth-order valence-corrected chi connectivity index (χ4v) is 3.30. The van der Waals surface area contributed by atoms with Crippen molar-refractivity contribution < 1.29 is 14.7 Å². The van der Waals surface area contributed by atoms with E-state index in [2.05, 4.69) is 12.2 Å². The number of hydrogen-bond acceptors (Lipinski definition) is 2. The lowest BCUT2D eigenvalue weighted by Gasteiger charge is -2.27. The minimum Gasteiger partial charge on any atom is -0.481 e. The molecule has 0 bridgehead atoms. The van der Waals surface area contributed by atoms with Gasteiger partial charge in [-0.05, 0) is 32.1 Å². The summed E-state index contributed by atoms with van der Waals surface area (Å²) < 4.78 is 0. The van der Waals surface area contributed by atoms with Gasteiger partial charge in [0, 0.05) is 19.0 Å². The summed E-state index contributed by atoms with van der Waals surface area (Å²) in [7, 11) is 0. The van der Waals surface area contributed by atoms with Crippen LogP contribution in [0.4, 0.5) is 0 Å². The standard InChI is InChI=1S/C15H23NO3/c1-2-8-15(14(18)19)9-10-16(11-15)13(17)12-6-4-3-5-7-12/h3-4,12H,2,5-11H2,1H3,(H,18,19). The van der Waals surface area contributed by atoms with Crippen LogP contribution in [0.3, 0.4) is 0 Å². The molecule has 4 heteroatoms. The number of likely N-dealkylation sites (tertiary alicyclic amines) is 1. The van der Waals surface area contributed by atoms with Crippen molar-refractivity contribution in [2.24, 2.45) is 11.3 Å². The molecule has 0 spiro atoms. The normalized spacial score (nSPS) is 30.6. The second-order valence-electron chi connectivity index (χ2n) is 5.83. The van der Waals surface area contributed by atoms with Gasteiger partial charge in [-0.1, -0.05) is 25.5 Å². The topological polar surface area (TPSA) is 57.6 Å². The summed E-state index contributed by atoms with van der Waals surface area (Å²) >= 11 is 0. The van der Waals surface area contributed by atoms with Crippen molar-refractivity contribution in [3.63, 3.8) is 0 Å². The fourth-order valence-electron chi connectivity index (χ4n) is 3.30. The molecular formula is C15H23NO3. The summed E-state index contributed by atoms with van der Waals surface area (Å²) in [6.07, 6.45) is 8.97. The lowest BCUT2D eigenvalue weighted by molar-refractivity contribution is -0.149. The highest BCUT2D eigenvalue weighted by molar-refractivity contribution is 5.82. The largest absolute Gasteiger partial charge is 0.481 e. The summed E-state index contributed by atoms with van der Waals surface area (Å²) in [6.45, 7) is 3.00. The Hall–Kier alpha value is -1.32. The van der Waals surface area contributed by atoms with Crippen LogP contribution < -0.4 is 0 Å². The zero-order chi connectivity index (χ0) is 13.9. The first-order chi connectivity index (χ1) is 9.09. The van der Waals surface area contributed by atoms with Crippen LogP contribution in [-0.2, 0) is 9.59 Å². The number of nitrogens with zero attached hydrogens (tertiary/aromatic N) is 1. The molecule has 0 aromatic heterocycles. The highest BCUT2D eigenvalue weighted by Gasteiger charge is 2.46. The van der Waals surface area contributed by atoms with Crippen LogP contribution in [0.2, 0.25) is 0 Å². The molecule has 1 amide bonds. The molecule has 1 N–H and O–H groups in total. The van der Waals surface area contributed by atoms with Gasteiger partial charge in [-0.25, -0.2) is 0 Å². The molecule has 2 atom stereocenters. The molecule has 0 aromatic carbocycles. The maximum absolute atomic E-state index is 12.4. The maximum Gasteiger partial charge on any atom is 0.311 e. The molecule has 1 fully saturated rings. The average Bonchev–Trinajstić information content (AvgIpc) is 2.85. The Kier molecular flexibility index (Phi) is 4.27. The molecule has 0 radical (unpaired) electrons. The average molecular weight is 265 g/mol. The highest BCUT2D eigenvalue weighted by atomic mass is 16.4. The zero-order valence-electron chi connectivity index (χ0n) is 11.6. The third-order valence-electron chi connectivity index (χ3n) is 4.47. The van der Waals surface area contributed by atoms with Crippen molar-refractivity contribution in [3.05, 3.63) is 12.2 Å². The van der Waals surface area contributed by atoms with Gasteiger partial charge in [-0.2, -0.15) is 0 Å². The number of carbonyl (C=O) groups excluding carboxylic acids is 1. The van der Waals surface area contributed by atoms with E-state index in [9.17, 15) is 14.7 Å². The van der Waals surface area contributed by atoms with Gasteiger partial charge in [0.05, 0.1) is 5.41 Å². The van der Waals surface area contributed by atoms with Gasteiger partial charge in [0.15, 0.2) is 0 Å². The Balaban J connectivity index is 2.02. The molecule has 1 aliphatic heterocycles. The van der Waals surface area contributed by atoms with Crippen LogP contribution >= 0.6 is 0 Å². The molecule has 0 aromatic rings. The molecule has 0 saturated carbocycles. The molecule has 106 valence electrons. The van der Waals surface area contributed by atoms with Crippen LogP contribution in [0.1, 0.15) is 45.4 Å². The molecule has 2 unspecified atom stereocenters. The molecule has 2 aliphatic rings. The predicted molar refractivity (Wildman–Crippen MR) is 72.7 cm³/mol. The van der Waals surface area contributed by atoms with Gasteiger partial charge in [0.2, 0.25) is 5.91 Å². The number of rotatable bonds is 4. The second kappa shape index (κ2) is 5.76. The van der Waals surface area contributed by atoms with Crippen molar-refractivity contribution in [2.75, 3.05) is 13.1 Å². The van der Waals surface area contributed by atoms with Crippen LogP contribution in [0.25, 0.3) is 0 Å². The second-order valence-corrected chi connectivity index (χ2v) is 5.83. The SMILES string of the molecule is CCCC1(C(=O)O)CCN(C(=O)C2CC=CCC2)C1. The predicted octanol–water partition coefficient (Wildman–Crippen LogP) is 2.45. The Morgan fingerprint density at radius 3 is 2.79 bits per heavy atom. The highest BCUT2D eigenvalue weighted by Crippen LogP contribution is 2.37. The number of carboxylic acid groups (broad SMARTS) is 1. The van der Waals surface area contributed by atoms with E-state index in [-0.39, 0.29) is 11.8 Å². The van der Waals surface area contributed by atoms with E-state index in [0.717, 1.165) is 25.7 Å². The van der Waals surface area contributed by atoms with Crippen LogP contribution in [0.15, 0.2) is 12.2 Å². The number of allylic oxidation sites excluding steroid dienone is 2. The Labute approximate surface area is 114 Å². The van der Waals surface area contributed by atoms with E-state index in [1.165, 1.54) is 0 Å². The fraction of sp³-hybridized carbons (Fsp3) is 0.733. The smallest absolute Gasteiger partial charge is 0.311 e. The molecule has 1 saturated heterocycles. The first-order valence-electron chi connectivity index (χ1n) is 7.26. The zero-order valence-corrected chi connectivity index (χ0v) is 11.6. The van der Waals surface area contributed by atoms with Gasteiger partial charge in [-0.3, -0.25) is 9.59 Å². The molecule has 1 aliphatic carbocycles. The first-order valence-corrected chi connectivity index (χ1v) is 7.26. The minimum atomic E-state index is -0.742. The van der Waals surface area contributed by atoms with E-state index in [4.69, 9.17) is 0 Å². The van der Waals surface area contributed by atoms with Crippen LogP contribution in [-0.4, -0.2) is 35.0 Å². The Morgan fingerprint density at radius 2 is 2.21 bits per heavy atom. The van der Waals surface area contributed by atoms with Gasteiger partial charge in [0.1, 0.15) is 0 Å². The lowest BCUT2D eigenvalue weighted by atomic mass is 9.82. The van der Waals surface area contributed by atoms with Gasteiger partial charge < -0.3 is 10.0 Å². The number of carboxylic acids is 1. The summed E-state index contributed by atoms with van der Waals surface area (Å²) in [6, 6.07) is 0. The lowest BCUT2D eigenvalue weighted by Crippen LogP contribution is -2.39. The number of aliphatic carboxylic acids is 1. The van der Waals surface area contributed by atoms with Crippen molar-refractivity contribution in [1.82, 2.24) is 4.90 Å². The first kappa shape index (κ1) is 14.1. The van der Waals surface area contributed by atoms with Gasteiger partial charge in [-0.15, -0.1) is 0 Å². The van der Waals surface area contributed by atoms with E-state index >= 15 is 0 Å². The molecule has 1 heterocycles. The molecule has 19 heavy (non-hydrogen) atoms. The molecule has 4 nitrogen and oxygen atoms in total. The number of amides is 1. The van der Waals surface area contributed by atoms with Gasteiger partial charge in [0.25, 0.3) is 0 Å². The van der Waals surface area contributed by atoms with Gasteiger partial charge >= 0.3 is 5.97 Å². The van der Waals surface area contributed by atoms with Crippen LogP contribution in [0, 0.1) is 11.3 Å². The Morgan fingerprint density at radius 1 is 1.42 bits per heavy atom. The van der Waals surface area contributed by atoms with E-state index in [1.807, 2.05) is 6.92 Å². The molecular weight excluding hydrogens is 242 g/mol. The maximum atomic E-state index is 12.4. The van der Waals surface area contributed by atoms with Crippen molar-refractivity contribution in [2.45, 2.75) is 45.4 Å².